The molecule has 0 radical (unpaired) electrons. The summed E-state index contributed by atoms with van der Waals surface area (Å²) in [6.07, 6.45) is 2.79. The minimum absolute atomic E-state index is 0.0272. The van der Waals surface area contributed by atoms with Crippen molar-refractivity contribution in [3.63, 3.8) is 0 Å². The maximum Gasteiger partial charge on any atom is 0.321 e. The molecule has 3 N–H and O–H groups in total. The van der Waals surface area contributed by atoms with Crippen molar-refractivity contribution in [2.75, 3.05) is 23.3 Å². The minimum atomic E-state index is -0.0272. The third-order valence-electron chi connectivity index (χ3n) is 4.28. The van der Waals surface area contributed by atoms with E-state index in [1.54, 1.807) is 4.90 Å². The van der Waals surface area contributed by atoms with Crippen LogP contribution in [0, 0.1) is 0 Å². The maximum absolute atomic E-state index is 12.0. The molecule has 24 heavy (non-hydrogen) atoms. The van der Waals surface area contributed by atoms with E-state index in [9.17, 15) is 4.79 Å². The number of nitrogens with one attached hydrogen (secondary N) is 3. The highest BCUT2D eigenvalue weighted by Gasteiger charge is 2.19. The van der Waals surface area contributed by atoms with Crippen LogP contribution in [0.5, 0.6) is 0 Å². The monoisotopic (exact) mass is 321 g/mol. The van der Waals surface area contributed by atoms with Gasteiger partial charge in [-0.1, -0.05) is 24.3 Å². The molecule has 0 bridgehead atoms. The topological polar surface area (TPSA) is 73.1 Å². The van der Waals surface area contributed by atoms with E-state index in [-0.39, 0.29) is 6.03 Å². The van der Waals surface area contributed by atoms with Crippen molar-refractivity contribution in [2.45, 2.75) is 13.0 Å². The Morgan fingerprint density at radius 3 is 3.04 bits per heavy atom. The van der Waals surface area contributed by atoms with Crippen molar-refractivity contribution in [2.24, 2.45) is 0 Å². The van der Waals surface area contributed by atoms with Gasteiger partial charge in [0, 0.05) is 36.4 Å². The van der Waals surface area contributed by atoms with Gasteiger partial charge in [0.05, 0.1) is 11.7 Å². The summed E-state index contributed by atoms with van der Waals surface area (Å²) < 4.78 is 0. The molecule has 3 aromatic rings. The molecule has 0 atom stereocenters. The number of anilines is 2. The standard InChI is InChI=1S/C18H19N5O/c24-18-19-8-3-9-23(18)16-7-2-6-15(10-16)20-11-13-4-1-5-14-12-21-22-17(13)14/h1-2,4-7,10,12,20H,3,8-9,11H2,(H,19,24)(H,21,22). The van der Waals surface area contributed by atoms with Crippen molar-refractivity contribution in [1.82, 2.24) is 15.5 Å². The smallest absolute Gasteiger partial charge is 0.321 e. The summed E-state index contributed by atoms with van der Waals surface area (Å²) in [4.78, 5) is 13.8. The molecule has 1 aliphatic heterocycles. The highest BCUT2D eigenvalue weighted by molar-refractivity contribution is 5.93. The van der Waals surface area contributed by atoms with Gasteiger partial charge < -0.3 is 10.6 Å². The van der Waals surface area contributed by atoms with E-state index in [2.05, 4.69) is 26.9 Å². The lowest BCUT2D eigenvalue weighted by atomic mass is 10.1. The van der Waals surface area contributed by atoms with Crippen LogP contribution in [0.3, 0.4) is 0 Å². The first kappa shape index (κ1) is 14.6. The molecular weight excluding hydrogens is 302 g/mol. The average Bonchev–Trinajstić information content (AvgIpc) is 3.10. The second-order valence-corrected chi connectivity index (χ2v) is 5.89. The van der Waals surface area contributed by atoms with Crippen LogP contribution in [0.15, 0.2) is 48.7 Å². The third kappa shape index (κ3) is 2.78. The quantitative estimate of drug-likeness (QED) is 0.691. The number of nitrogens with zero attached hydrogens (tertiary/aromatic N) is 2. The Labute approximate surface area is 139 Å². The average molecular weight is 321 g/mol. The van der Waals surface area contributed by atoms with Crippen LogP contribution in [0.25, 0.3) is 10.9 Å². The molecular formula is C18H19N5O. The zero-order chi connectivity index (χ0) is 16.4. The number of aromatic nitrogens is 2. The third-order valence-corrected chi connectivity index (χ3v) is 4.28. The van der Waals surface area contributed by atoms with E-state index in [0.717, 1.165) is 47.4 Å². The van der Waals surface area contributed by atoms with E-state index in [4.69, 9.17) is 0 Å². The van der Waals surface area contributed by atoms with E-state index in [1.807, 2.05) is 42.6 Å². The molecule has 0 saturated carbocycles. The summed E-state index contributed by atoms with van der Waals surface area (Å²) >= 11 is 0. The number of benzene rings is 2. The number of aromatic amines is 1. The van der Waals surface area contributed by atoms with Gasteiger partial charge >= 0.3 is 6.03 Å². The summed E-state index contributed by atoms with van der Waals surface area (Å²) in [5.41, 5.74) is 4.11. The Balaban J connectivity index is 1.52. The second-order valence-electron chi connectivity index (χ2n) is 5.89. The molecule has 1 fully saturated rings. The van der Waals surface area contributed by atoms with Crippen molar-refractivity contribution in [1.29, 1.82) is 0 Å². The molecule has 1 aliphatic rings. The summed E-state index contributed by atoms with van der Waals surface area (Å²) in [6.45, 7) is 2.19. The highest BCUT2D eigenvalue weighted by Crippen LogP contribution is 2.22. The Morgan fingerprint density at radius 2 is 2.12 bits per heavy atom. The molecule has 1 aromatic heterocycles. The molecule has 4 rings (SSSR count). The van der Waals surface area contributed by atoms with E-state index < -0.39 is 0 Å². The number of urea groups is 1. The fourth-order valence-corrected chi connectivity index (χ4v) is 3.03. The van der Waals surface area contributed by atoms with Gasteiger partial charge in [-0.15, -0.1) is 0 Å². The highest BCUT2D eigenvalue weighted by atomic mass is 16.2. The first-order valence-electron chi connectivity index (χ1n) is 8.11. The molecule has 2 amide bonds. The first-order valence-corrected chi connectivity index (χ1v) is 8.11. The lowest BCUT2D eigenvalue weighted by molar-refractivity contribution is 0.243. The van der Waals surface area contributed by atoms with Gasteiger partial charge in [0.2, 0.25) is 0 Å². The summed E-state index contributed by atoms with van der Waals surface area (Å²) in [6, 6.07) is 14.1. The van der Waals surface area contributed by atoms with Gasteiger partial charge in [-0.25, -0.2) is 4.79 Å². The van der Waals surface area contributed by atoms with Crippen molar-refractivity contribution < 1.29 is 4.79 Å². The van der Waals surface area contributed by atoms with Crippen LogP contribution < -0.4 is 15.5 Å². The molecule has 6 nitrogen and oxygen atoms in total. The molecule has 0 spiro atoms. The Morgan fingerprint density at radius 1 is 1.21 bits per heavy atom. The molecule has 6 heteroatoms. The van der Waals surface area contributed by atoms with Crippen LogP contribution in [0.1, 0.15) is 12.0 Å². The first-order chi connectivity index (χ1) is 11.8. The Bertz CT molecular complexity index is 872. The van der Waals surface area contributed by atoms with Crippen molar-refractivity contribution in [3.05, 3.63) is 54.2 Å². The predicted octanol–water partition coefficient (Wildman–Crippen LogP) is 3.09. The normalized spacial score (nSPS) is 14.7. The molecule has 2 aromatic carbocycles. The van der Waals surface area contributed by atoms with Gasteiger partial charge in [-0.3, -0.25) is 10.00 Å². The zero-order valence-electron chi connectivity index (χ0n) is 13.2. The number of fused-ring (bicyclic) bond motifs is 1. The molecule has 2 heterocycles. The zero-order valence-corrected chi connectivity index (χ0v) is 13.2. The fraction of sp³-hybridized carbons (Fsp3) is 0.222. The number of H-pyrrole nitrogens is 1. The number of carbonyl (C=O) groups is 1. The number of para-hydroxylation sites is 1. The van der Waals surface area contributed by atoms with Gasteiger partial charge in [-0.2, -0.15) is 5.10 Å². The van der Waals surface area contributed by atoms with Crippen LogP contribution in [0.4, 0.5) is 16.2 Å². The number of carbonyl (C=O) groups excluding carboxylic acids is 1. The van der Waals surface area contributed by atoms with E-state index >= 15 is 0 Å². The number of rotatable bonds is 4. The van der Waals surface area contributed by atoms with Crippen LogP contribution in [-0.2, 0) is 6.54 Å². The van der Waals surface area contributed by atoms with Crippen molar-refractivity contribution in [3.8, 4) is 0 Å². The van der Waals surface area contributed by atoms with Crippen molar-refractivity contribution >= 4 is 28.3 Å². The fourth-order valence-electron chi connectivity index (χ4n) is 3.03. The predicted molar refractivity (Wildman–Crippen MR) is 95.2 cm³/mol. The second kappa shape index (κ2) is 6.23. The molecule has 0 unspecified atom stereocenters. The summed E-state index contributed by atoms with van der Waals surface area (Å²) in [5, 5.41) is 14.6. The van der Waals surface area contributed by atoms with Gasteiger partial charge in [0.15, 0.2) is 0 Å². The van der Waals surface area contributed by atoms with Gasteiger partial charge in [0.1, 0.15) is 0 Å². The SMILES string of the molecule is O=C1NCCCN1c1cccc(NCc2cccc3cn[nH]c23)c1. The van der Waals surface area contributed by atoms with E-state index in [0.29, 0.717) is 6.54 Å². The van der Waals surface area contributed by atoms with Gasteiger partial charge in [-0.05, 0) is 30.2 Å². The molecule has 122 valence electrons. The summed E-state index contributed by atoms with van der Waals surface area (Å²) in [5.74, 6) is 0. The van der Waals surface area contributed by atoms with Gasteiger partial charge in [0.25, 0.3) is 0 Å². The lowest BCUT2D eigenvalue weighted by Crippen LogP contribution is -2.46. The van der Waals surface area contributed by atoms with E-state index in [1.165, 1.54) is 0 Å². The number of amides is 2. The van der Waals surface area contributed by atoms with Crippen LogP contribution in [-0.4, -0.2) is 29.3 Å². The maximum atomic E-state index is 12.0. The Kier molecular flexibility index (Phi) is 3.78. The minimum Gasteiger partial charge on any atom is -0.381 e. The Hall–Kier alpha value is -3.02. The van der Waals surface area contributed by atoms with Crippen LogP contribution in [0.2, 0.25) is 0 Å². The molecule has 1 saturated heterocycles. The number of hydrogen-bond donors (Lipinski definition) is 3. The number of hydrogen-bond acceptors (Lipinski definition) is 3. The lowest BCUT2D eigenvalue weighted by Gasteiger charge is -2.27. The molecule has 0 aliphatic carbocycles. The summed E-state index contributed by atoms with van der Waals surface area (Å²) in [7, 11) is 0. The largest absolute Gasteiger partial charge is 0.381 e. The van der Waals surface area contributed by atoms with Crippen LogP contribution >= 0.6 is 0 Å².